The minimum atomic E-state index is -0.409. The second-order valence-corrected chi connectivity index (χ2v) is 8.26. The fourth-order valence-electron chi connectivity index (χ4n) is 3.61. The number of amides is 3. The van der Waals surface area contributed by atoms with E-state index in [1.807, 2.05) is 38.1 Å². The van der Waals surface area contributed by atoms with Crippen molar-refractivity contribution in [3.05, 3.63) is 65.2 Å². The highest BCUT2D eigenvalue weighted by atomic mass is 16.5. The molecular formula is C26H29N3O4. The summed E-state index contributed by atoms with van der Waals surface area (Å²) in [4.78, 5) is 38.3. The van der Waals surface area contributed by atoms with Gasteiger partial charge in [0, 0.05) is 41.9 Å². The number of hydrogen-bond acceptors (Lipinski definition) is 4. The molecule has 172 valence electrons. The summed E-state index contributed by atoms with van der Waals surface area (Å²) in [5, 5.41) is 5.86. The van der Waals surface area contributed by atoms with Crippen molar-refractivity contribution in [2.75, 3.05) is 25.5 Å². The summed E-state index contributed by atoms with van der Waals surface area (Å²) >= 11 is 0. The Hall–Kier alpha value is -3.79. The van der Waals surface area contributed by atoms with Crippen molar-refractivity contribution in [3.8, 4) is 11.8 Å². The van der Waals surface area contributed by atoms with E-state index >= 15 is 0 Å². The molecule has 3 amide bonds. The van der Waals surface area contributed by atoms with E-state index in [1.165, 1.54) is 7.11 Å². The van der Waals surface area contributed by atoms with Crippen molar-refractivity contribution in [3.63, 3.8) is 0 Å². The van der Waals surface area contributed by atoms with Crippen LogP contribution >= 0.6 is 0 Å². The number of hydrogen-bond donors (Lipinski definition) is 2. The minimum Gasteiger partial charge on any atom is -0.465 e. The van der Waals surface area contributed by atoms with Crippen LogP contribution in [0.1, 0.15) is 48.2 Å². The van der Waals surface area contributed by atoms with Crippen LogP contribution in [0.2, 0.25) is 0 Å². The summed E-state index contributed by atoms with van der Waals surface area (Å²) in [5.41, 5.74) is 2.52. The molecule has 0 bridgehead atoms. The molecule has 7 heteroatoms. The number of urea groups is 1. The van der Waals surface area contributed by atoms with Gasteiger partial charge >= 0.3 is 12.0 Å². The number of carbonyl (C=O) groups excluding carboxylic acids is 3. The molecule has 1 heterocycles. The zero-order valence-electron chi connectivity index (χ0n) is 19.2. The first kappa shape index (κ1) is 23.9. The lowest BCUT2D eigenvalue weighted by atomic mass is 9.96. The second kappa shape index (κ2) is 11.2. The number of benzene rings is 2. The van der Waals surface area contributed by atoms with Crippen LogP contribution in [0.15, 0.2) is 48.5 Å². The average Bonchev–Trinajstić information content (AvgIpc) is 2.82. The minimum absolute atomic E-state index is 0.0484. The highest BCUT2D eigenvalue weighted by molar-refractivity contribution is 5.90. The van der Waals surface area contributed by atoms with E-state index < -0.39 is 5.97 Å². The Morgan fingerprint density at radius 1 is 1.00 bits per heavy atom. The molecule has 0 atom stereocenters. The van der Waals surface area contributed by atoms with Gasteiger partial charge in [0.1, 0.15) is 0 Å². The van der Waals surface area contributed by atoms with E-state index in [-0.39, 0.29) is 23.9 Å². The normalized spacial score (nSPS) is 13.6. The third kappa shape index (κ3) is 6.84. The van der Waals surface area contributed by atoms with Gasteiger partial charge in [-0.25, -0.2) is 9.59 Å². The van der Waals surface area contributed by atoms with E-state index in [9.17, 15) is 14.4 Å². The number of carbonyl (C=O) groups is 3. The van der Waals surface area contributed by atoms with Crippen LogP contribution in [0.4, 0.5) is 10.5 Å². The summed E-state index contributed by atoms with van der Waals surface area (Å²) in [6.07, 6.45) is 1.31. The van der Waals surface area contributed by atoms with E-state index in [4.69, 9.17) is 4.74 Å². The summed E-state index contributed by atoms with van der Waals surface area (Å²) in [7, 11) is 1.34. The van der Waals surface area contributed by atoms with Crippen molar-refractivity contribution < 1.29 is 19.1 Å². The fourth-order valence-corrected chi connectivity index (χ4v) is 3.61. The number of anilines is 1. The van der Waals surface area contributed by atoms with Gasteiger partial charge in [0.2, 0.25) is 5.91 Å². The van der Waals surface area contributed by atoms with Gasteiger partial charge in [0.25, 0.3) is 0 Å². The standard InChI is InChI=1S/C26H29N3O4/c1-18(2)27-24(30)21-12-14-29(15-13-21)26(32)28-23-9-5-7-20(17-23)11-10-19-6-4-8-22(16-19)25(31)33-3/h4-9,16-18,21H,12-15H2,1-3H3,(H,27,30)(H,28,32). The lowest BCUT2D eigenvalue weighted by molar-refractivity contribution is -0.126. The third-order valence-corrected chi connectivity index (χ3v) is 5.33. The van der Waals surface area contributed by atoms with Gasteiger partial charge in [-0.2, -0.15) is 0 Å². The summed E-state index contributed by atoms with van der Waals surface area (Å²) in [6.45, 7) is 4.97. The average molecular weight is 448 g/mol. The number of piperidine rings is 1. The molecule has 7 nitrogen and oxygen atoms in total. The molecule has 1 aliphatic heterocycles. The third-order valence-electron chi connectivity index (χ3n) is 5.33. The number of ether oxygens (including phenoxy) is 1. The van der Waals surface area contributed by atoms with Gasteiger partial charge in [-0.1, -0.05) is 24.0 Å². The Kier molecular flexibility index (Phi) is 8.09. The van der Waals surface area contributed by atoms with Gasteiger partial charge in [-0.3, -0.25) is 4.79 Å². The molecule has 0 unspecified atom stereocenters. The predicted molar refractivity (Wildman–Crippen MR) is 127 cm³/mol. The second-order valence-electron chi connectivity index (χ2n) is 8.26. The van der Waals surface area contributed by atoms with Crippen LogP contribution in [0, 0.1) is 17.8 Å². The first-order valence-corrected chi connectivity index (χ1v) is 11.0. The zero-order chi connectivity index (χ0) is 23.8. The molecule has 33 heavy (non-hydrogen) atoms. The molecule has 1 saturated heterocycles. The molecule has 2 aromatic carbocycles. The van der Waals surface area contributed by atoms with Crippen molar-refractivity contribution in [2.45, 2.75) is 32.7 Å². The van der Waals surface area contributed by atoms with E-state index in [2.05, 4.69) is 22.5 Å². The van der Waals surface area contributed by atoms with Gasteiger partial charge in [0.05, 0.1) is 12.7 Å². The van der Waals surface area contributed by atoms with Gasteiger partial charge in [-0.15, -0.1) is 0 Å². The highest BCUT2D eigenvalue weighted by Crippen LogP contribution is 2.19. The van der Waals surface area contributed by atoms with Crippen molar-refractivity contribution in [1.82, 2.24) is 10.2 Å². The molecular weight excluding hydrogens is 418 g/mol. The number of esters is 1. The van der Waals surface area contributed by atoms with E-state index in [0.29, 0.717) is 42.7 Å². The first-order chi connectivity index (χ1) is 15.9. The Morgan fingerprint density at radius 2 is 1.64 bits per heavy atom. The number of methoxy groups -OCH3 is 1. The molecule has 0 spiro atoms. The van der Waals surface area contributed by atoms with Crippen LogP contribution in [0.3, 0.4) is 0 Å². The van der Waals surface area contributed by atoms with E-state index in [1.54, 1.807) is 29.2 Å². The maximum absolute atomic E-state index is 12.7. The van der Waals surface area contributed by atoms with Gasteiger partial charge < -0.3 is 20.3 Å². The zero-order valence-corrected chi connectivity index (χ0v) is 19.2. The van der Waals surface area contributed by atoms with Gasteiger partial charge in [-0.05, 0) is 63.1 Å². The Morgan fingerprint density at radius 3 is 2.27 bits per heavy atom. The van der Waals surface area contributed by atoms with Crippen LogP contribution < -0.4 is 10.6 Å². The SMILES string of the molecule is COC(=O)c1cccc(C#Cc2cccc(NC(=O)N3CCC(C(=O)NC(C)C)CC3)c2)c1. The Bertz CT molecular complexity index is 1080. The molecule has 2 aromatic rings. The number of nitrogens with one attached hydrogen (secondary N) is 2. The Labute approximate surface area is 194 Å². The molecule has 0 aliphatic carbocycles. The lowest BCUT2D eigenvalue weighted by Gasteiger charge is -2.31. The molecule has 1 fully saturated rings. The quantitative estimate of drug-likeness (QED) is 0.553. The van der Waals surface area contributed by atoms with Crippen LogP contribution in [0.25, 0.3) is 0 Å². The fraction of sp³-hybridized carbons (Fsp3) is 0.346. The smallest absolute Gasteiger partial charge is 0.337 e. The summed E-state index contributed by atoms with van der Waals surface area (Å²) in [6, 6.07) is 14.1. The molecule has 0 saturated carbocycles. The largest absolute Gasteiger partial charge is 0.465 e. The van der Waals surface area contributed by atoms with E-state index in [0.717, 1.165) is 5.56 Å². The molecule has 0 aromatic heterocycles. The number of rotatable bonds is 4. The number of likely N-dealkylation sites (tertiary alicyclic amines) is 1. The number of nitrogens with zero attached hydrogens (tertiary/aromatic N) is 1. The van der Waals surface area contributed by atoms with Crippen molar-refractivity contribution in [1.29, 1.82) is 0 Å². The maximum atomic E-state index is 12.7. The molecule has 2 N–H and O–H groups in total. The summed E-state index contributed by atoms with van der Waals surface area (Å²) < 4.78 is 4.74. The van der Waals surface area contributed by atoms with Crippen LogP contribution in [-0.4, -0.2) is 49.0 Å². The van der Waals surface area contributed by atoms with Crippen molar-refractivity contribution >= 4 is 23.6 Å². The topological polar surface area (TPSA) is 87.7 Å². The van der Waals surface area contributed by atoms with Crippen molar-refractivity contribution in [2.24, 2.45) is 5.92 Å². The molecule has 3 rings (SSSR count). The van der Waals surface area contributed by atoms with Gasteiger partial charge in [0.15, 0.2) is 0 Å². The maximum Gasteiger partial charge on any atom is 0.337 e. The summed E-state index contributed by atoms with van der Waals surface area (Å²) in [5.74, 6) is 5.70. The van der Waals surface area contributed by atoms with Crippen LogP contribution in [0.5, 0.6) is 0 Å². The lowest BCUT2D eigenvalue weighted by Crippen LogP contribution is -2.45. The molecule has 1 aliphatic rings. The first-order valence-electron chi connectivity index (χ1n) is 11.0. The highest BCUT2D eigenvalue weighted by Gasteiger charge is 2.27. The van der Waals surface area contributed by atoms with Crippen LogP contribution in [-0.2, 0) is 9.53 Å². The molecule has 0 radical (unpaired) electrons. The Balaban J connectivity index is 1.59. The predicted octanol–water partition coefficient (Wildman–Crippen LogP) is 3.64. The monoisotopic (exact) mass is 447 g/mol.